The van der Waals surface area contributed by atoms with Crippen molar-refractivity contribution < 1.29 is 52.1 Å². The Morgan fingerprint density at radius 3 is 2.32 bits per heavy atom. The van der Waals surface area contributed by atoms with E-state index in [2.05, 4.69) is 31.2 Å². The Kier molecular flexibility index (Phi) is 14.1. The van der Waals surface area contributed by atoms with E-state index in [9.17, 15) is 56.9 Å². The van der Waals surface area contributed by atoms with Crippen molar-refractivity contribution in [1.29, 1.82) is 0 Å². The first kappa shape index (κ1) is 44.6. The average molecular weight is 844 g/mol. The number of fused-ring (bicyclic) bond motifs is 1. The monoisotopic (exact) mass is 843 g/mol. The first-order chi connectivity index (χ1) is 28.4. The first-order valence-electron chi connectivity index (χ1n) is 18.6. The predicted molar refractivity (Wildman–Crippen MR) is 206 cm³/mol. The molecule has 10 N–H and O–H groups in total. The van der Waals surface area contributed by atoms with Gasteiger partial charge in [0.1, 0.15) is 24.2 Å². The third-order valence-electron chi connectivity index (χ3n) is 10.1. The lowest BCUT2D eigenvalue weighted by Crippen LogP contribution is -2.62. The number of nitrogens with zero attached hydrogens (tertiary/aromatic N) is 2. The van der Waals surface area contributed by atoms with Gasteiger partial charge in [-0.25, -0.2) is 14.4 Å². The molecule has 322 valence electrons. The number of carboxylic acids is 1. The molecule has 1 aliphatic rings. The van der Waals surface area contributed by atoms with Crippen LogP contribution in [0.5, 0.6) is 0 Å². The minimum atomic E-state index is -4.67. The number of amides is 5. The number of carboxylic acid groups (broad SMARTS) is 1. The Hall–Kier alpha value is -6.52. The molecule has 5 rings (SSSR count). The summed E-state index contributed by atoms with van der Waals surface area (Å²) in [4.78, 5) is 96.2. The van der Waals surface area contributed by atoms with Gasteiger partial charge in [0, 0.05) is 62.2 Å². The highest BCUT2D eigenvalue weighted by atomic mass is 19.4. The van der Waals surface area contributed by atoms with Crippen LogP contribution >= 0.6 is 0 Å². The number of hydrogen-bond donors (Lipinski definition) is 9. The van der Waals surface area contributed by atoms with E-state index < -0.39 is 108 Å². The highest BCUT2D eigenvalue weighted by Gasteiger charge is 2.38. The van der Waals surface area contributed by atoms with Gasteiger partial charge in [-0.1, -0.05) is 30.3 Å². The van der Waals surface area contributed by atoms with Crippen molar-refractivity contribution in [2.45, 2.75) is 75.0 Å². The summed E-state index contributed by atoms with van der Waals surface area (Å²) in [7, 11) is 1.32. The summed E-state index contributed by atoms with van der Waals surface area (Å²) in [5, 5.41) is 31.1. The van der Waals surface area contributed by atoms with E-state index >= 15 is 0 Å². The summed E-state index contributed by atoms with van der Waals surface area (Å²) in [6, 6.07) is 4.89. The summed E-state index contributed by atoms with van der Waals surface area (Å²) in [5.41, 5.74) is 4.49. The van der Waals surface area contributed by atoms with E-state index in [-0.39, 0.29) is 24.9 Å². The number of carbonyl (C=O) groups is 5. The van der Waals surface area contributed by atoms with Crippen LogP contribution in [-0.4, -0.2) is 116 Å². The molecule has 7 atom stereocenters. The van der Waals surface area contributed by atoms with Crippen LogP contribution in [0.25, 0.3) is 10.9 Å². The molecule has 60 heavy (non-hydrogen) atoms. The Bertz CT molecular complexity index is 2310. The van der Waals surface area contributed by atoms with Crippen LogP contribution in [-0.2, 0) is 42.9 Å². The predicted octanol–water partition coefficient (Wildman–Crippen LogP) is -0.302. The maximum absolute atomic E-state index is 14.1. The molecule has 2 aromatic heterocycles. The molecule has 0 spiro atoms. The minimum Gasteiger partial charge on any atom is -0.480 e. The summed E-state index contributed by atoms with van der Waals surface area (Å²) >= 11 is 0. The molecule has 0 saturated carbocycles. The molecule has 22 heteroatoms. The Labute approximate surface area is 338 Å². The van der Waals surface area contributed by atoms with Gasteiger partial charge in [-0.3, -0.25) is 28.7 Å². The number of para-hydroxylation sites is 1. The SMILES string of the molecule is C[C@@H]([C@H](NC(=O)[C@H](Cc1ccc(C(F)(F)F)cc1)NC(=O)N[C@@H](Cc1c[nH]c2ccccc12)C(=O)O)C(=O)NC[C@H]1C[C@@H](O)[C@H](n2ccc(=O)[nH]c2=O)O1)N(C)C(=O)CN. The summed E-state index contributed by atoms with van der Waals surface area (Å²) in [6.45, 7) is 0.671. The second-order valence-corrected chi connectivity index (χ2v) is 14.2. The summed E-state index contributed by atoms with van der Waals surface area (Å²) in [6.07, 6.45) is -5.95. The van der Waals surface area contributed by atoms with E-state index in [4.69, 9.17) is 10.5 Å². The molecule has 4 aromatic rings. The van der Waals surface area contributed by atoms with Gasteiger partial charge < -0.3 is 51.8 Å². The van der Waals surface area contributed by atoms with Crippen LogP contribution in [0.1, 0.15) is 36.3 Å². The van der Waals surface area contributed by atoms with Gasteiger partial charge in [-0.15, -0.1) is 0 Å². The quantitative estimate of drug-likeness (QED) is 0.0706. The van der Waals surface area contributed by atoms with Crippen LogP contribution in [0.3, 0.4) is 0 Å². The van der Waals surface area contributed by atoms with Crippen molar-refractivity contribution in [2.75, 3.05) is 20.1 Å². The molecule has 1 fully saturated rings. The number of H-pyrrole nitrogens is 2. The molecule has 0 aliphatic carbocycles. The first-order valence-corrected chi connectivity index (χ1v) is 18.6. The highest BCUT2D eigenvalue weighted by molar-refractivity contribution is 5.93. The average Bonchev–Trinajstić information content (AvgIpc) is 3.79. The van der Waals surface area contributed by atoms with E-state index in [1.807, 2.05) is 0 Å². The number of aliphatic hydroxyl groups is 1. The van der Waals surface area contributed by atoms with Crippen molar-refractivity contribution in [3.63, 3.8) is 0 Å². The maximum Gasteiger partial charge on any atom is 0.416 e. The van der Waals surface area contributed by atoms with Crippen molar-refractivity contribution in [2.24, 2.45) is 5.73 Å². The Morgan fingerprint density at radius 2 is 1.67 bits per heavy atom. The maximum atomic E-state index is 14.1. The Morgan fingerprint density at radius 1 is 0.983 bits per heavy atom. The van der Waals surface area contributed by atoms with E-state index in [1.165, 1.54) is 14.0 Å². The van der Waals surface area contributed by atoms with Gasteiger partial charge in [0.2, 0.25) is 17.7 Å². The molecule has 5 amide bonds. The standard InChI is InChI=1S/C38H44F3N9O10/c1-19(49(2)30(53)16-42)31(33(55)44-18-23-15-28(51)34(60-23)50-12-11-29(52)47-37(50)59)48-32(54)26(13-20-7-9-22(10-8-20)38(39,40)41)45-36(58)46-27(35(56)57)14-21-17-43-25-6-4-3-5-24(21)25/h3-12,17,19,23,26-28,31,34,43,51H,13-16,18,42H2,1-2H3,(H,44,55)(H,48,54)(H,56,57)(H2,45,46,58)(H,47,52,59)/t19-,23+,26-,27-,28+,31-,34+/m0/s1. The fraction of sp³-hybridized carbons (Fsp3) is 0.395. The van der Waals surface area contributed by atoms with Gasteiger partial charge in [-0.05, 0) is 36.2 Å². The lowest BCUT2D eigenvalue weighted by molar-refractivity contribution is -0.139. The number of ether oxygens (including phenoxy) is 1. The van der Waals surface area contributed by atoms with Crippen LogP contribution < -0.4 is 38.2 Å². The zero-order valence-electron chi connectivity index (χ0n) is 32.2. The highest BCUT2D eigenvalue weighted by Crippen LogP contribution is 2.30. The topological polar surface area (TPSA) is 283 Å². The molecular formula is C38H44F3N9O10. The van der Waals surface area contributed by atoms with E-state index in [0.717, 1.165) is 51.5 Å². The molecule has 1 aliphatic heterocycles. The van der Waals surface area contributed by atoms with Gasteiger partial charge in [0.05, 0.1) is 24.3 Å². The second-order valence-electron chi connectivity index (χ2n) is 14.2. The number of likely N-dealkylation sites (N-methyl/N-ethyl adjacent to an activating group) is 1. The fourth-order valence-electron chi connectivity index (χ4n) is 6.67. The smallest absolute Gasteiger partial charge is 0.416 e. The molecule has 1 saturated heterocycles. The zero-order valence-corrected chi connectivity index (χ0v) is 32.2. The molecule has 2 aromatic carbocycles. The van der Waals surface area contributed by atoms with Gasteiger partial charge in [0.25, 0.3) is 5.56 Å². The second kappa shape index (κ2) is 19.0. The lowest BCUT2D eigenvalue weighted by Gasteiger charge is -2.33. The van der Waals surface area contributed by atoms with Crippen LogP contribution in [0.2, 0.25) is 0 Å². The number of aliphatic hydroxyl groups excluding tert-OH is 1. The third kappa shape index (κ3) is 10.9. The fourth-order valence-corrected chi connectivity index (χ4v) is 6.67. The van der Waals surface area contributed by atoms with Crippen LogP contribution in [0.4, 0.5) is 18.0 Å². The number of rotatable bonds is 16. The molecule has 0 radical (unpaired) electrons. The van der Waals surface area contributed by atoms with Crippen molar-refractivity contribution in [3.8, 4) is 0 Å². The molecule has 0 bridgehead atoms. The minimum absolute atomic E-state index is 0.0689. The van der Waals surface area contributed by atoms with Crippen molar-refractivity contribution in [3.05, 3.63) is 105 Å². The number of aromatic nitrogens is 3. The Balaban J connectivity index is 1.36. The van der Waals surface area contributed by atoms with Crippen LogP contribution in [0.15, 0.2) is 76.6 Å². The number of hydrogen-bond acceptors (Lipinski definition) is 10. The van der Waals surface area contributed by atoms with Crippen molar-refractivity contribution >= 4 is 40.6 Å². The van der Waals surface area contributed by atoms with Gasteiger partial charge >= 0.3 is 23.9 Å². The third-order valence-corrected chi connectivity index (χ3v) is 10.1. The molecular weight excluding hydrogens is 799 g/mol. The normalized spacial score (nSPS) is 18.5. The number of aliphatic carboxylic acids is 1. The number of nitrogens with one attached hydrogen (secondary N) is 6. The summed E-state index contributed by atoms with van der Waals surface area (Å²) in [5.74, 6) is -3.95. The number of urea groups is 1. The largest absolute Gasteiger partial charge is 0.480 e. The number of halogens is 3. The lowest BCUT2D eigenvalue weighted by atomic mass is 10.0. The van der Waals surface area contributed by atoms with E-state index in [0.29, 0.717) is 10.9 Å². The molecule has 0 unspecified atom stereocenters. The molecule has 3 heterocycles. The zero-order chi connectivity index (χ0) is 43.9. The van der Waals surface area contributed by atoms with E-state index in [1.54, 1.807) is 30.5 Å². The number of nitrogens with two attached hydrogens (primary N) is 1. The molecule has 19 nitrogen and oxygen atoms in total. The van der Waals surface area contributed by atoms with Crippen LogP contribution in [0, 0.1) is 0 Å². The summed E-state index contributed by atoms with van der Waals surface area (Å²) < 4.78 is 46.8. The van der Waals surface area contributed by atoms with Gasteiger partial charge in [-0.2, -0.15) is 13.2 Å². The number of benzene rings is 2. The van der Waals surface area contributed by atoms with Gasteiger partial charge in [0.15, 0.2) is 6.23 Å². The number of carbonyl (C=O) groups excluding carboxylic acids is 4. The number of alkyl halides is 3. The van der Waals surface area contributed by atoms with Crippen molar-refractivity contribution in [1.82, 2.24) is 40.7 Å². The number of aromatic amines is 2.